The van der Waals surface area contributed by atoms with Gasteiger partial charge in [0, 0.05) is 29.9 Å². The zero-order chi connectivity index (χ0) is 16.4. The molecule has 1 aromatic carbocycles. The third-order valence-electron chi connectivity index (χ3n) is 6.41. The number of rotatable bonds is 1. The topological polar surface area (TPSA) is 70.0 Å². The van der Waals surface area contributed by atoms with Gasteiger partial charge in [0.1, 0.15) is 5.78 Å². The molecule has 2 aliphatic carbocycles. The quantitative estimate of drug-likeness (QED) is 0.819. The molecule has 3 atom stereocenters. The van der Waals surface area contributed by atoms with Gasteiger partial charge >= 0.3 is 0 Å². The average molecular weight is 317 g/mol. The van der Waals surface area contributed by atoms with Crippen LogP contribution >= 0.6 is 0 Å². The van der Waals surface area contributed by atoms with E-state index in [4.69, 9.17) is 4.74 Å². The van der Waals surface area contributed by atoms with Crippen LogP contribution in [0.5, 0.6) is 11.5 Å². The number of ketones is 1. The fourth-order valence-corrected chi connectivity index (χ4v) is 5.30. The maximum absolute atomic E-state index is 12.3. The smallest absolute Gasteiger partial charge is 0.164 e. The molecule has 1 aliphatic heterocycles. The van der Waals surface area contributed by atoms with E-state index in [1.807, 2.05) is 13.1 Å². The Kier molecular flexibility index (Phi) is 3.06. The van der Waals surface area contributed by atoms with Crippen molar-refractivity contribution in [3.05, 3.63) is 23.3 Å². The molecule has 3 aliphatic rings. The second kappa shape index (κ2) is 4.71. The van der Waals surface area contributed by atoms with Crippen molar-refractivity contribution < 1.29 is 19.7 Å². The van der Waals surface area contributed by atoms with Crippen molar-refractivity contribution in [2.45, 2.75) is 49.2 Å². The molecule has 1 heterocycles. The van der Waals surface area contributed by atoms with Crippen LogP contribution in [-0.2, 0) is 16.6 Å². The minimum atomic E-state index is -0.942. The van der Waals surface area contributed by atoms with Gasteiger partial charge in [-0.3, -0.25) is 4.79 Å². The summed E-state index contributed by atoms with van der Waals surface area (Å²) in [7, 11) is 3.59. The molecule has 0 amide bonds. The van der Waals surface area contributed by atoms with E-state index >= 15 is 0 Å². The lowest BCUT2D eigenvalue weighted by molar-refractivity contribution is -0.169. The van der Waals surface area contributed by atoms with Gasteiger partial charge in [0.25, 0.3) is 0 Å². The second-order valence-electron chi connectivity index (χ2n) is 7.32. The van der Waals surface area contributed by atoms with Crippen molar-refractivity contribution in [1.82, 2.24) is 4.90 Å². The molecule has 1 saturated carbocycles. The number of hydrogen-bond acceptors (Lipinski definition) is 5. The second-order valence-corrected chi connectivity index (χ2v) is 7.32. The summed E-state index contributed by atoms with van der Waals surface area (Å²) in [6.07, 6.45) is 2.67. The number of carbonyl (C=O) groups excluding carboxylic acids is 1. The maximum Gasteiger partial charge on any atom is 0.164 e. The van der Waals surface area contributed by atoms with E-state index in [1.165, 1.54) is 7.11 Å². The highest BCUT2D eigenvalue weighted by atomic mass is 16.5. The van der Waals surface area contributed by atoms with Crippen LogP contribution in [0.2, 0.25) is 0 Å². The zero-order valence-electron chi connectivity index (χ0n) is 13.6. The highest BCUT2D eigenvalue weighted by molar-refractivity contribution is 5.83. The van der Waals surface area contributed by atoms with E-state index in [1.54, 1.807) is 6.07 Å². The number of Topliss-reactive ketones (excluding diaryl/α,β-unsaturated/α-hetero) is 1. The van der Waals surface area contributed by atoms with E-state index in [0.717, 1.165) is 24.1 Å². The first kappa shape index (κ1) is 15.0. The highest BCUT2D eigenvalue weighted by Gasteiger charge is 2.65. The Labute approximate surface area is 135 Å². The molecule has 1 aromatic rings. The number of carbonyl (C=O) groups is 1. The predicted octanol–water partition coefficient (Wildman–Crippen LogP) is 1.38. The van der Waals surface area contributed by atoms with Gasteiger partial charge in [-0.25, -0.2) is 0 Å². The Hall–Kier alpha value is -1.59. The standard InChI is InChI=1S/C18H23NO4/c1-19-8-7-17-10-12(20)5-6-18(17,22)14(19)9-11-3-4-13(21)16(23-2)15(11)17/h3-4,14,21-22H,5-10H2,1-2H3/t14?,17-,18-/m1/s1. The minimum Gasteiger partial charge on any atom is -0.504 e. The van der Waals surface area contributed by atoms with Crippen LogP contribution in [0.4, 0.5) is 0 Å². The Morgan fingerprint density at radius 3 is 2.87 bits per heavy atom. The molecular weight excluding hydrogens is 294 g/mol. The number of nitrogens with zero attached hydrogens (tertiary/aromatic N) is 1. The first-order chi connectivity index (χ1) is 10.9. The lowest BCUT2D eigenvalue weighted by Crippen LogP contribution is -2.72. The first-order valence-electron chi connectivity index (χ1n) is 8.26. The number of likely N-dealkylation sites (tertiary alicyclic amines) is 1. The largest absolute Gasteiger partial charge is 0.504 e. The summed E-state index contributed by atoms with van der Waals surface area (Å²) >= 11 is 0. The van der Waals surface area contributed by atoms with Gasteiger partial charge in [-0.15, -0.1) is 0 Å². The van der Waals surface area contributed by atoms with Crippen LogP contribution < -0.4 is 4.74 Å². The van der Waals surface area contributed by atoms with Crippen LogP contribution in [0, 0.1) is 0 Å². The number of fused-ring (bicyclic) bond motifs is 1. The van der Waals surface area contributed by atoms with Gasteiger partial charge < -0.3 is 19.8 Å². The molecule has 2 fully saturated rings. The summed E-state index contributed by atoms with van der Waals surface area (Å²) in [5.41, 5.74) is 0.356. The molecule has 23 heavy (non-hydrogen) atoms. The summed E-state index contributed by atoms with van der Waals surface area (Å²) in [6, 6.07) is 3.57. The van der Waals surface area contributed by atoms with Crippen LogP contribution in [0.1, 0.15) is 36.8 Å². The van der Waals surface area contributed by atoms with E-state index < -0.39 is 11.0 Å². The van der Waals surface area contributed by atoms with Crippen molar-refractivity contribution in [3.63, 3.8) is 0 Å². The molecule has 2 bridgehead atoms. The lowest BCUT2D eigenvalue weighted by atomic mass is 9.49. The van der Waals surface area contributed by atoms with Crippen molar-refractivity contribution in [3.8, 4) is 11.5 Å². The number of ether oxygens (including phenoxy) is 1. The van der Waals surface area contributed by atoms with Gasteiger partial charge in [-0.05, 0) is 44.5 Å². The Morgan fingerprint density at radius 1 is 1.35 bits per heavy atom. The van der Waals surface area contributed by atoms with Crippen LogP contribution in [0.25, 0.3) is 0 Å². The van der Waals surface area contributed by atoms with Crippen molar-refractivity contribution in [2.75, 3.05) is 20.7 Å². The summed E-state index contributed by atoms with van der Waals surface area (Å²) in [5, 5.41) is 21.9. The molecule has 2 N–H and O–H groups in total. The predicted molar refractivity (Wildman–Crippen MR) is 84.9 cm³/mol. The number of methoxy groups -OCH3 is 1. The fraction of sp³-hybridized carbons (Fsp3) is 0.611. The molecule has 0 radical (unpaired) electrons. The number of likely N-dealkylation sites (N-methyl/N-ethyl adjacent to an activating group) is 1. The number of aliphatic hydroxyl groups is 1. The summed E-state index contributed by atoms with van der Waals surface area (Å²) in [6.45, 7) is 0.832. The van der Waals surface area contributed by atoms with Gasteiger partial charge in [-0.1, -0.05) is 6.07 Å². The molecular formula is C18H23NO4. The van der Waals surface area contributed by atoms with Gasteiger partial charge in [0.15, 0.2) is 11.5 Å². The van der Waals surface area contributed by atoms with Crippen molar-refractivity contribution in [1.29, 1.82) is 0 Å². The molecule has 0 aromatic heterocycles. The Bertz CT molecular complexity index is 688. The number of aromatic hydroxyl groups is 1. The number of phenolic OH excluding ortho intramolecular Hbond substituents is 1. The number of hydrogen-bond donors (Lipinski definition) is 2. The lowest BCUT2D eigenvalue weighted by Gasteiger charge is -2.62. The molecule has 0 spiro atoms. The molecule has 1 saturated heterocycles. The monoisotopic (exact) mass is 317 g/mol. The maximum atomic E-state index is 12.3. The third-order valence-corrected chi connectivity index (χ3v) is 6.41. The summed E-state index contributed by atoms with van der Waals surface area (Å²) < 4.78 is 5.50. The average Bonchev–Trinajstić information content (AvgIpc) is 2.52. The van der Waals surface area contributed by atoms with Gasteiger partial charge in [0.2, 0.25) is 0 Å². The summed E-state index contributed by atoms with van der Waals surface area (Å²) in [4.78, 5) is 14.5. The van der Waals surface area contributed by atoms with Crippen molar-refractivity contribution in [2.24, 2.45) is 0 Å². The molecule has 5 heteroatoms. The van der Waals surface area contributed by atoms with Crippen LogP contribution in [0.15, 0.2) is 12.1 Å². The van der Waals surface area contributed by atoms with Gasteiger partial charge in [0.05, 0.1) is 12.7 Å². The summed E-state index contributed by atoms with van der Waals surface area (Å²) in [5.74, 6) is 0.702. The molecule has 5 nitrogen and oxygen atoms in total. The third kappa shape index (κ3) is 1.72. The molecule has 4 rings (SSSR count). The normalized spacial score (nSPS) is 36.3. The van der Waals surface area contributed by atoms with Crippen LogP contribution in [-0.4, -0.2) is 53.2 Å². The number of piperidine rings is 1. The van der Waals surface area contributed by atoms with E-state index in [0.29, 0.717) is 31.4 Å². The highest BCUT2D eigenvalue weighted by Crippen LogP contribution is 2.60. The van der Waals surface area contributed by atoms with E-state index in [9.17, 15) is 15.0 Å². The van der Waals surface area contributed by atoms with Crippen LogP contribution in [0.3, 0.4) is 0 Å². The first-order valence-corrected chi connectivity index (χ1v) is 8.26. The SMILES string of the molecule is COc1c(O)ccc2c1[C@]13CCN(C)C(C2)[C@]1(O)CCC(=O)C3. The Balaban J connectivity index is 2.03. The Morgan fingerprint density at radius 2 is 2.13 bits per heavy atom. The van der Waals surface area contributed by atoms with E-state index in [2.05, 4.69) is 4.90 Å². The van der Waals surface area contributed by atoms with Gasteiger partial charge in [-0.2, -0.15) is 0 Å². The fourth-order valence-electron chi connectivity index (χ4n) is 5.30. The number of benzene rings is 1. The van der Waals surface area contributed by atoms with E-state index in [-0.39, 0.29) is 17.6 Å². The minimum absolute atomic E-state index is 0.00565. The van der Waals surface area contributed by atoms with Crippen molar-refractivity contribution >= 4 is 5.78 Å². The zero-order valence-corrected chi connectivity index (χ0v) is 13.6. The molecule has 124 valence electrons. The molecule has 1 unspecified atom stereocenters. The number of phenols is 1.